The Hall–Kier alpha value is -1.59. The highest BCUT2D eigenvalue weighted by Gasteiger charge is 2.26. The van der Waals surface area contributed by atoms with Crippen LogP contribution in [0.3, 0.4) is 0 Å². The number of imide groups is 1. The molecule has 0 aromatic carbocycles. The van der Waals surface area contributed by atoms with Crippen LogP contribution in [0.1, 0.15) is 39.5 Å². The number of rotatable bonds is 4. The van der Waals surface area contributed by atoms with Gasteiger partial charge in [-0.05, 0) is 24.7 Å². The van der Waals surface area contributed by atoms with E-state index in [1.807, 2.05) is 0 Å². The summed E-state index contributed by atoms with van der Waals surface area (Å²) in [5.74, 6) is -0.455. The molecule has 1 saturated heterocycles. The lowest BCUT2D eigenvalue weighted by Gasteiger charge is -2.34. The molecule has 0 saturated carbocycles. The summed E-state index contributed by atoms with van der Waals surface area (Å²) in [5.41, 5.74) is 0. The molecule has 1 rings (SSSR count). The highest BCUT2D eigenvalue weighted by molar-refractivity contribution is 5.94. The van der Waals surface area contributed by atoms with Gasteiger partial charge in [0.1, 0.15) is 0 Å². The Morgan fingerprint density at radius 1 is 1.16 bits per heavy atom. The van der Waals surface area contributed by atoms with Gasteiger partial charge in [0, 0.05) is 25.9 Å². The summed E-state index contributed by atoms with van der Waals surface area (Å²) in [6.45, 7) is 5.51. The minimum absolute atomic E-state index is 0.0562. The number of urea groups is 1. The van der Waals surface area contributed by atoms with Gasteiger partial charge in [0.15, 0.2) is 0 Å². The molecule has 6 heteroatoms. The number of carbonyl (C=O) groups is 3. The molecule has 2 atom stereocenters. The van der Waals surface area contributed by atoms with Gasteiger partial charge in [-0.25, -0.2) is 4.79 Å². The summed E-state index contributed by atoms with van der Waals surface area (Å²) in [6, 6.07) is -0.362. The third-order valence-corrected chi connectivity index (χ3v) is 3.20. The number of carboxylic acid groups (broad SMARTS) is 1. The average Bonchev–Trinajstić information content (AvgIpc) is 2.26. The Morgan fingerprint density at radius 3 is 2.26 bits per heavy atom. The number of carbonyl (C=O) groups excluding carboxylic acids is 2. The third-order valence-electron chi connectivity index (χ3n) is 3.20. The predicted molar refractivity (Wildman–Crippen MR) is 69.5 cm³/mol. The molecule has 2 unspecified atom stereocenters. The zero-order valence-corrected chi connectivity index (χ0v) is 11.5. The lowest BCUT2D eigenvalue weighted by atomic mass is 9.92. The molecule has 1 fully saturated rings. The zero-order valence-electron chi connectivity index (χ0n) is 11.5. The van der Waals surface area contributed by atoms with Crippen molar-refractivity contribution in [3.05, 3.63) is 0 Å². The molecule has 0 aromatic rings. The number of piperidine rings is 1. The van der Waals surface area contributed by atoms with Crippen molar-refractivity contribution in [2.24, 2.45) is 11.8 Å². The summed E-state index contributed by atoms with van der Waals surface area (Å²) in [4.78, 5) is 35.3. The first-order valence-electron chi connectivity index (χ1n) is 6.69. The Morgan fingerprint density at radius 2 is 1.74 bits per heavy atom. The largest absolute Gasteiger partial charge is 0.481 e. The van der Waals surface area contributed by atoms with Crippen LogP contribution in [0, 0.1) is 11.8 Å². The fourth-order valence-electron chi connectivity index (χ4n) is 2.49. The number of nitrogens with one attached hydrogen (secondary N) is 1. The van der Waals surface area contributed by atoms with Crippen LogP contribution in [0.15, 0.2) is 0 Å². The predicted octanol–water partition coefficient (Wildman–Crippen LogP) is 1.46. The molecule has 2 N–H and O–H groups in total. The molecule has 0 bridgehead atoms. The number of nitrogens with zero attached hydrogens (tertiary/aromatic N) is 1. The molecule has 0 aromatic heterocycles. The van der Waals surface area contributed by atoms with E-state index in [4.69, 9.17) is 5.11 Å². The Balaban J connectivity index is 2.33. The number of likely N-dealkylation sites (tertiary alicyclic amines) is 1. The van der Waals surface area contributed by atoms with Crippen LogP contribution in [-0.2, 0) is 9.59 Å². The summed E-state index contributed by atoms with van der Waals surface area (Å²) in [6.07, 6.45) is 1.36. The first-order chi connectivity index (χ1) is 8.88. The normalized spacial score (nSPS) is 22.9. The first-order valence-corrected chi connectivity index (χ1v) is 6.69. The Kier molecular flexibility index (Phi) is 5.79. The van der Waals surface area contributed by atoms with E-state index in [2.05, 4.69) is 19.2 Å². The fraction of sp³-hybridized carbons (Fsp3) is 0.769. The van der Waals surface area contributed by atoms with Gasteiger partial charge >= 0.3 is 12.0 Å². The maximum absolute atomic E-state index is 11.9. The van der Waals surface area contributed by atoms with Crippen LogP contribution in [0.25, 0.3) is 0 Å². The van der Waals surface area contributed by atoms with Crippen molar-refractivity contribution < 1.29 is 19.5 Å². The lowest BCUT2D eigenvalue weighted by Crippen LogP contribution is -2.49. The second kappa shape index (κ2) is 7.11. The molecule has 1 heterocycles. The lowest BCUT2D eigenvalue weighted by molar-refractivity contribution is -0.137. The van der Waals surface area contributed by atoms with Crippen LogP contribution in [0.4, 0.5) is 4.79 Å². The Labute approximate surface area is 113 Å². The van der Waals surface area contributed by atoms with Crippen LogP contribution in [0.2, 0.25) is 0 Å². The van der Waals surface area contributed by atoms with Gasteiger partial charge in [0.25, 0.3) is 0 Å². The monoisotopic (exact) mass is 270 g/mol. The number of amides is 3. The van der Waals surface area contributed by atoms with Crippen LogP contribution in [-0.4, -0.2) is 41.0 Å². The van der Waals surface area contributed by atoms with Gasteiger partial charge in [-0.1, -0.05) is 13.8 Å². The molecular weight excluding hydrogens is 248 g/mol. The number of hydrogen-bond acceptors (Lipinski definition) is 3. The molecular formula is C13H22N2O4. The van der Waals surface area contributed by atoms with Gasteiger partial charge in [-0.2, -0.15) is 0 Å². The van der Waals surface area contributed by atoms with E-state index in [1.54, 1.807) is 4.90 Å². The maximum Gasteiger partial charge on any atom is 0.324 e. The van der Waals surface area contributed by atoms with Gasteiger partial charge in [0.2, 0.25) is 5.91 Å². The van der Waals surface area contributed by atoms with Gasteiger partial charge in [-0.3, -0.25) is 14.9 Å². The SMILES string of the molecule is CC1CC(C)CN(C(=O)NC(=O)CCCC(=O)O)C1. The van der Waals surface area contributed by atoms with Crippen molar-refractivity contribution in [2.75, 3.05) is 13.1 Å². The molecule has 0 aliphatic carbocycles. The van der Waals surface area contributed by atoms with Gasteiger partial charge in [0.05, 0.1) is 0 Å². The highest BCUT2D eigenvalue weighted by Crippen LogP contribution is 2.20. The number of carboxylic acids is 1. The van der Waals surface area contributed by atoms with E-state index in [0.29, 0.717) is 24.9 Å². The molecule has 3 amide bonds. The van der Waals surface area contributed by atoms with E-state index in [1.165, 1.54) is 0 Å². The summed E-state index contributed by atoms with van der Waals surface area (Å²) in [5, 5.41) is 10.8. The second-order valence-electron chi connectivity index (χ2n) is 5.45. The van der Waals surface area contributed by atoms with Crippen molar-refractivity contribution >= 4 is 17.9 Å². The minimum Gasteiger partial charge on any atom is -0.481 e. The average molecular weight is 270 g/mol. The van der Waals surface area contributed by atoms with E-state index in [-0.39, 0.29) is 25.3 Å². The quantitative estimate of drug-likeness (QED) is 0.809. The summed E-state index contributed by atoms with van der Waals surface area (Å²) >= 11 is 0. The van der Waals surface area contributed by atoms with E-state index < -0.39 is 11.9 Å². The standard InChI is InChI=1S/C13H22N2O4/c1-9-6-10(2)8-15(7-9)13(19)14-11(16)4-3-5-12(17)18/h9-10H,3-8H2,1-2H3,(H,17,18)(H,14,16,19). The van der Waals surface area contributed by atoms with Gasteiger partial charge in [-0.15, -0.1) is 0 Å². The third kappa shape index (κ3) is 5.72. The van der Waals surface area contributed by atoms with Crippen molar-refractivity contribution in [2.45, 2.75) is 39.5 Å². The van der Waals surface area contributed by atoms with Crippen LogP contribution in [0.5, 0.6) is 0 Å². The zero-order chi connectivity index (χ0) is 14.4. The maximum atomic E-state index is 11.9. The van der Waals surface area contributed by atoms with Crippen molar-refractivity contribution in [1.82, 2.24) is 10.2 Å². The molecule has 0 radical (unpaired) electrons. The minimum atomic E-state index is -0.933. The van der Waals surface area contributed by atoms with E-state index in [0.717, 1.165) is 6.42 Å². The molecule has 6 nitrogen and oxygen atoms in total. The van der Waals surface area contributed by atoms with Crippen LogP contribution < -0.4 is 5.32 Å². The highest BCUT2D eigenvalue weighted by atomic mass is 16.4. The number of hydrogen-bond donors (Lipinski definition) is 2. The van der Waals surface area contributed by atoms with Crippen molar-refractivity contribution in [3.63, 3.8) is 0 Å². The smallest absolute Gasteiger partial charge is 0.324 e. The summed E-state index contributed by atoms with van der Waals surface area (Å²) < 4.78 is 0. The van der Waals surface area contributed by atoms with Crippen molar-refractivity contribution in [1.29, 1.82) is 0 Å². The summed E-state index contributed by atoms with van der Waals surface area (Å²) in [7, 11) is 0. The van der Waals surface area contributed by atoms with E-state index in [9.17, 15) is 14.4 Å². The van der Waals surface area contributed by atoms with Crippen LogP contribution >= 0.6 is 0 Å². The Bertz CT molecular complexity index is 347. The molecule has 1 aliphatic heterocycles. The topological polar surface area (TPSA) is 86.7 Å². The molecule has 19 heavy (non-hydrogen) atoms. The second-order valence-corrected chi connectivity index (χ2v) is 5.45. The number of aliphatic carboxylic acids is 1. The molecule has 108 valence electrons. The van der Waals surface area contributed by atoms with E-state index >= 15 is 0 Å². The fourth-order valence-corrected chi connectivity index (χ4v) is 2.49. The molecule has 1 aliphatic rings. The van der Waals surface area contributed by atoms with Crippen molar-refractivity contribution in [3.8, 4) is 0 Å². The molecule has 0 spiro atoms. The van der Waals surface area contributed by atoms with Gasteiger partial charge < -0.3 is 10.0 Å². The first kappa shape index (κ1) is 15.5.